The van der Waals surface area contributed by atoms with Crippen molar-refractivity contribution in [1.29, 1.82) is 0 Å². The predicted octanol–water partition coefficient (Wildman–Crippen LogP) is 0.779. The largest absolute Gasteiger partial charge is 0.481 e. The second-order valence-corrected chi connectivity index (χ2v) is 8.32. The molecule has 1 amide bonds. The minimum atomic E-state index is -3.75. The molecule has 0 radical (unpaired) electrons. The number of fused-ring (bicyclic) bond motifs is 1. The fraction of sp³-hybridized carbons (Fsp3) is 0.471. The van der Waals surface area contributed by atoms with Crippen molar-refractivity contribution in [3.63, 3.8) is 0 Å². The second-order valence-electron chi connectivity index (χ2n) is 6.75. The fourth-order valence-electron chi connectivity index (χ4n) is 3.39. The average molecular weight is 379 g/mol. The van der Waals surface area contributed by atoms with E-state index in [1.807, 2.05) is 6.92 Å². The molecular weight excluding hydrogens is 358 g/mol. The third-order valence-electron chi connectivity index (χ3n) is 4.90. The number of likely N-dealkylation sites (tertiary alicyclic amines) is 1. The minimum Gasteiger partial charge on any atom is -0.481 e. The molecule has 2 unspecified atom stereocenters. The third kappa shape index (κ3) is 3.31. The molecule has 2 aliphatic heterocycles. The van der Waals surface area contributed by atoms with Crippen LogP contribution in [0.5, 0.6) is 0 Å². The van der Waals surface area contributed by atoms with Crippen LogP contribution in [0.4, 0.5) is 0 Å². The van der Waals surface area contributed by atoms with E-state index < -0.39 is 21.9 Å². The number of carbonyl (C=O) groups excluding carboxylic acids is 1. The maximum absolute atomic E-state index is 12.7. The molecule has 3 rings (SSSR count). The number of likely N-dealkylation sites (N-methyl/N-ethyl adjacent to an activating group) is 1. The van der Waals surface area contributed by atoms with Crippen molar-refractivity contribution < 1.29 is 23.1 Å². The normalized spacial score (nSPS) is 23.9. The monoisotopic (exact) mass is 379 g/mol. The van der Waals surface area contributed by atoms with E-state index >= 15 is 0 Å². The van der Waals surface area contributed by atoms with Crippen molar-refractivity contribution in [3.05, 3.63) is 29.8 Å². The molecule has 0 aromatic heterocycles. The number of hydrogen-bond acceptors (Lipinski definition) is 5. The lowest BCUT2D eigenvalue weighted by Gasteiger charge is -2.37. The standard InChI is InChI=1S/C17H21N3O5S/c1-11-7-8-12(17(22)23)9-20(11)15(21)10-19(2)16-13-5-3-4-6-14(13)26(24,25)18-16/h3-6,11-12H,7-10H2,1-2H3,(H,22,23). The van der Waals surface area contributed by atoms with E-state index in [0.717, 1.165) is 0 Å². The summed E-state index contributed by atoms with van der Waals surface area (Å²) in [7, 11) is -2.14. The van der Waals surface area contributed by atoms with Crippen LogP contribution >= 0.6 is 0 Å². The summed E-state index contributed by atoms with van der Waals surface area (Å²) in [5.41, 5.74) is 0.470. The number of amidine groups is 1. The Kier molecular flexibility index (Phi) is 4.74. The molecule has 140 valence electrons. The van der Waals surface area contributed by atoms with Crippen molar-refractivity contribution in [1.82, 2.24) is 9.80 Å². The molecule has 8 nitrogen and oxygen atoms in total. The summed E-state index contributed by atoms with van der Waals surface area (Å²) in [6.45, 7) is 1.99. The van der Waals surface area contributed by atoms with Crippen molar-refractivity contribution in [3.8, 4) is 0 Å². The van der Waals surface area contributed by atoms with Gasteiger partial charge < -0.3 is 14.9 Å². The SMILES string of the molecule is CC1CCC(C(=O)O)CN1C(=O)CN(C)C1=NS(=O)(=O)c2ccccc21. The van der Waals surface area contributed by atoms with Crippen LogP contribution < -0.4 is 0 Å². The van der Waals surface area contributed by atoms with Gasteiger partial charge in [-0.25, -0.2) is 0 Å². The number of carbonyl (C=O) groups is 2. The Morgan fingerprint density at radius 2 is 2.00 bits per heavy atom. The maximum Gasteiger partial charge on any atom is 0.308 e. The molecule has 1 fully saturated rings. The van der Waals surface area contributed by atoms with Gasteiger partial charge in [-0.3, -0.25) is 9.59 Å². The van der Waals surface area contributed by atoms with E-state index in [0.29, 0.717) is 18.4 Å². The summed E-state index contributed by atoms with van der Waals surface area (Å²) in [5, 5.41) is 9.21. The summed E-state index contributed by atoms with van der Waals surface area (Å²) in [6.07, 6.45) is 1.18. The molecule has 2 aliphatic rings. The topological polar surface area (TPSA) is 107 Å². The summed E-state index contributed by atoms with van der Waals surface area (Å²) in [6, 6.07) is 6.44. The first-order chi connectivity index (χ1) is 12.2. The number of rotatable bonds is 3. The highest BCUT2D eigenvalue weighted by molar-refractivity contribution is 7.90. The van der Waals surface area contributed by atoms with Crippen molar-refractivity contribution >= 4 is 27.7 Å². The molecular formula is C17H21N3O5S. The number of hydrogen-bond donors (Lipinski definition) is 1. The zero-order valence-corrected chi connectivity index (χ0v) is 15.4. The van der Waals surface area contributed by atoms with Gasteiger partial charge in [0.05, 0.1) is 12.5 Å². The molecule has 26 heavy (non-hydrogen) atoms. The molecule has 2 atom stereocenters. The van der Waals surface area contributed by atoms with Crippen LogP contribution in [0.25, 0.3) is 0 Å². The van der Waals surface area contributed by atoms with Gasteiger partial charge in [0.15, 0.2) is 5.84 Å². The summed E-state index contributed by atoms with van der Waals surface area (Å²) < 4.78 is 28.1. The van der Waals surface area contributed by atoms with Gasteiger partial charge in [0.1, 0.15) is 4.90 Å². The van der Waals surface area contributed by atoms with E-state index in [-0.39, 0.29) is 35.8 Å². The quantitative estimate of drug-likeness (QED) is 0.832. The van der Waals surface area contributed by atoms with Crippen LogP contribution in [0.3, 0.4) is 0 Å². The van der Waals surface area contributed by atoms with Gasteiger partial charge in [0.25, 0.3) is 10.0 Å². The van der Waals surface area contributed by atoms with Crippen LogP contribution in [-0.2, 0) is 19.6 Å². The van der Waals surface area contributed by atoms with Gasteiger partial charge >= 0.3 is 5.97 Å². The highest BCUT2D eigenvalue weighted by Gasteiger charge is 2.35. The number of carboxylic acid groups (broad SMARTS) is 1. The Hall–Kier alpha value is -2.42. The van der Waals surface area contributed by atoms with Crippen LogP contribution in [0.2, 0.25) is 0 Å². The van der Waals surface area contributed by atoms with Gasteiger partial charge in [-0.15, -0.1) is 4.40 Å². The van der Waals surface area contributed by atoms with Crippen molar-refractivity contribution in [2.45, 2.75) is 30.7 Å². The fourth-order valence-corrected chi connectivity index (χ4v) is 4.64. The second kappa shape index (κ2) is 6.71. The lowest BCUT2D eigenvalue weighted by Crippen LogP contribution is -2.50. The molecule has 9 heteroatoms. The number of piperidine rings is 1. The molecule has 1 N–H and O–H groups in total. The van der Waals surface area contributed by atoms with Gasteiger partial charge in [0.2, 0.25) is 5.91 Å². The number of sulfonamides is 1. The first-order valence-electron chi connectivity index (χ1n) is 8.38. The Morgan fingerprint density at radius 1 is 1.31 bits per heavy atom. The third-order valence-corrected chi connectivity index (χ3v) is 6.22. The van der Waals surface area contributed by atoms with Gasteiger partial charge in [0, 0.05) is 25.2 Å². The van der Waals surface area contributed by atoms with Crippen molar-refractivity contribution in [2.75, 3.05) is 20.1 Å². The van der Waals surface area contributed by atoms with Crippen LogP contribution in [0.15, 0.2) is 33.6 Å². The Bertz CT molecular complexity index is 880. The zero-order valence-electron chi connectivity index (χ0n) is 14.6. The van der Waals surface area contributed by atoms with Gasteiger partial charge in [-0.1, -0.05) is 12.1 Å². The lowest BCUT2D eigenvalue weighted by molar-refractivity contribution is -0.147. The minimum absolute atomic E-state index is 0.0481. The predicted molar refractivity (Wildman–Crippen MR) is 94.3 cm³/mol. The molecule has 0 bridgehead atoms. The number of carboxylic acids is 1. The molecule has 0 saturated carbocycles. The summed E-state index contributed by atoms with van der Waals surface area (Å²) >= 11 is 0. The Balaban J connectivity index is 1.77. The van der Waals surface area contributed by atoms with E-state index in [1.165, 1.54) is 11.0 Å². The van der Waals surface area contributed by atoms with E-state index in [1.54, 1.807) is 30.1 Å². The smallest absolute Gasteiger partial charge is 0.308 e. The maximum atomic E-state index is 12.7. The van der Waals surface area contributed by atoms with Crippen LogP contribution in [-0.4, -0.2) is 67.2 Å². The molecule has 0 aliphatic carbocycles. The number of amides is 1. The Morgan fingerprint density at radius 3 is 2.69 bits per heavy atom. The zero-order chi connectivity index (χ0) is 19.1. The van der Waals surface area contributed by atoms with Gasteiger partial charge in [-0.2, -0.15) is 8.42 Å². The first-order valence-corrected chi connectivity index (χ1v) is 9.82. The van der Waals surface area contributed by atoms with Crippen molar-refractivity contribution in [2.24, 2.45) is 10.3 Å². The number of benzene rings is 1. The molecule has 1 aromatic carbocycles. The van der Waals surface area contributed by atoms with Crippen LogP contribution in [0.1, 0.15) is 25.3 Å². The Labute approximate surface area is 152 Å². The summed E-state index contributed by atoms with van der Waals surface area (Å²) in [4.78, 5) is 27.1. The highest BCUT2D eigenvalue weighted by Crippen LogP contribution is 2.27. The molecule has 0 spiro atoms. The average Bonchev–Trinajstić information content (AvgIpc) is 2.87. The van der Waals surface area contributed by atoms with E-state index in [4.69, 9.17) is 0 Å². The van der Waals surface area contributed by atoms with Gasteiger partial charge in [-0.05, 0) is 31.9 Å². The molecule has 1 aromatic rings. The molecule has 1 saturated heterocycles. The lowest BCUT2D eigenvalue weighted by atomic mass is 9.93. The van der Waals surface area contributed by atoms with E-state index in [2.05, 4.69) is 4.40 Å². The highest BCUT2D eigenvalue weighted by atomic mass is 32.2. The van der Waals surface area contributed by atoms with E-state index in [9.17, 15) is 23.1 Å². The molecule has 2 heterocycles. The first kappa shape index (κ1) is 18.4. The number of aliphatic carboxylic acids is 1. The summed E-state index contributed by atoms with van der Waals surface area (Å²) in [5.74, 6) is -1.47. The van der Waals surface area contributed by atoms with Crippen LogP contribution in [0, 0.1) is 5.92 Å². The number of nitrogens with zero attached hydrogens (tertiary/aromatic N) is 3.